The van der Waals surface area contributed by atoms with Crippen LogP contribution < -0.4 is 22.2 Å². The Morgan fingerprint density at radius 3 is 2.70 bits per heavy atom. The third kappa shape index (κ3) is 5.35. The Kier molecular flexibility index (Phi) is 6.97. The number of nitrogens with zero attached hydrogens (tertiary/aromatic N) is 5. The molecule has 40 heavy (non-hydrogen) atoms. The van der Waals surface area contributed by atoms with E-state index in [0.717, 1.165) is 25.1 Å². The van der Waals surface area contributed by atoms with Crippen LogP contribution in [-0.4, -0.2) is 30.8 Å². The fourth-order valence-corrected chi connectivity index (χ4v) is 4.66. The molecule has 1 atom stereocenters. The van der Waals surface area contributed by atoms with Gasteiger partial charge in [0.1, 0.15) is 28.8 Å². The first-order valence-electron chi connectivity index (χ1n) is 12.3. The average molecular weight is 555 g/mol. The molecule has 5 rings (SSSR count). The highest BCUT2D eigenvalue weighted by atomic mass is 19.4. The van der Waals surface area contributed by atoms with E-state index in [1.807, 2.05) is 11.2 Å². The summed E-state index contributed by atoms with van der Waals surface area (Å²) in [7, 11) is 0. The zero-order valence-electron chi connectivity index (χ0n) is 20.8. The van der Waals surface area contributed by atoms with Crippen molar-refractivity contribution in [2.24, 2.45) is 5.92 Å². The van der Waals surface area contributed by atoms with Gasteiger partial charge in [0, 0.05) is 18.8 Å². The van der Waals surface area contributed by atoms with Crippen molar-refractivity contribution in [3.05, 3.63) is 74.4 Å². The molecule has 1 fully saturated rings. The normalized spacial score (nSPS) is 14.2. The minimum Gasteiger partial charge on any atom is -0.382 e. The SMILES string of the molecule is N#Cc1cnc(-c2cc3ccn(CCCC(Nc4cn[nH]c(=O)c4C(F)(F)F)C4CC4)c(=O)c3cc2F)nc1N. The maximum atomic E-state index is 15.0. The second-order valence-electron chi connectivity index (χ2n) is 9.55. The molecule has 0 spiro atoms. The van der Waals surface area contributed by atoms with Crippen molar-refractivity contribution in [3.8, 4) is 17.5 Å². The van der Waals surface area contributed by atoms with Crippen molar-refractivity contribution in [2.45, 2.75) is 44.4 Å². The van der Waals surface area contributed by atoms with E-state index in [1.54, 1.807) is 12.3 Å². The number of aromatic amines is 1. The molecule has 10 nitrogen and oxygen atoms in total. The molecule has 3 heterocycles. The van der Waals surface area contributed by atoms with Gasteiger partial charge in [-0.05, 0) is 55.2 Å². The van der Waals surface area contributed by atoms with Crippen LogP contribution in [0.3, 0.4) is 0 Å². The smallest absolute Gasteiger partial charge is 0.382 e. The molecular formula is C26H22F4N8O2. The van der Waals surface area contributed by atoms with Crippen molar-refractivity contribution >= 4 is 22.3 Å². The Labute approximate surface area is 223 Å². The van der Waals surface area contributed by atoms with Gasteiger partial charge in [0.15, 0.2) is 5.82 Å². The number of hydrogen-bond acceptors (Lipinski definition) is 8. The van der Waals surface area contributed by atoms with Crippen molar-refractivity contribution in [1.82, 2.24) is 24.7 Å². The summed E-state index contributed by atoms with van der Waals surface area (Å²) < 4.78 is 56.7. The van der Waals surface area contributed by atoms with Crippen molar-refractivity contribution < 1.29 is 17.6 Å². The van der Waals surface area contributed by atoms with Crippen LogP contribution in [0.4, 0.5) is 29.1 Å². The zero-order valence-corrected chi connectivity index (χ0v) is 20.8. The van der Waals surface area contributed by atoms with Crippen LogP contribution in [0.25, 0.3) is 22.2 Å². The number of alkyl halides is 3. The van der Waals surface area contributed by atoms with Crippen LogP contribution in [0.2, 0.25) is 0 Å². The van der Waals surface area contributed by atoms with Crippen LogP contribution in [0.5, 0.6) is 0 Å². The number of nitrogens with two attached hydrogens (primary N) is 1. The molecule has 0 saturated heterocycles. The number of pyridine rings is 1. The number of fused-ring (bicyclic) bond motifs is 1. The lowest BCUT2D eigenvalue weighted by atomic mass is 10.0. The molecule has 1 aromatic carbocycles. The Morgan fingerprint density at radius 1 is 1.25 bits per heavy atom. The van der Waals surface area contributed by atoms with Gasteiger partial charge in [-0.2, -0.15) is 23.5 Å². The summed E-state index contributed by atoms with van der Waals surface area (Å²) in [6, 6.07) is 5.65. The van der Waals surface area contributed by atoms with Crippen molar-refractivity contribution in [2.75, 3.05) is 11.1 Å². The summed E-state index contributed by atoms with van der Waals surface area (Å²) in [5.41, 5.74) is 2.34. The Balaban J connectivity index is 1.33. The van der Waals surface area contributed by atoms with Gasteiger partial charge in [0.2, 0.25) is 0 Å². The summed E-state index contributed by atoms with van der Waals surface area (Å²) in [6.07, 6.45) is 1.40. The quantitative estimate of drug-likeness (QED) is 0.278. The summed E-state index contributed by atoms with van der Waals surface area (Å²) in [4.78, 5) is 32.9. The Bertz CT molecular complexity index is 1760. The van der Waals surface area contributed by atoms with Gasteiger partial charge >= 0.3 is 6.18 Å². The monoisotopic (exact) mass is 554 g/mol. The molecule has 1 aliphatic carbocycles. The predicted molar refractivity (Wildman–Crippen MR) is 138 cm³/mol. The minimum atomic E-state index is -4.85. The van der Waals surface area contributed by atoms with E-state index < -0.39 is 28.7 Å². The van der Waals surface area contributed by atoms with Crippen molar-refractivity contribution in [1.29, 1.82) is 5.26 Å². The van der Waals surface area contributed by atoms with Crippen LogP contribution in [-0.2, 0) is 12.7 Å². The summed E-state index contributed by atoms with van der Waals surface area (Å²) >= 11 is 0. The lowest BCUT2D eigenvalue weighted by Gasteiger charge is -2.21. The average Bonchev–Trinajstić information content (AvgIpc) is 3.74. The standard InChI is InChI=1S/C26H22F4N8O2/c27-18-9-16-14(8-17(18)23-33-11-15(10-31)22(32)36-23)5-7-38(25(16)40)6-1-2-19(13-3-4-13)35-20-12-34-37-24(39)21(20)26(28,29)30/h5,7-9,11-13,19H,1-4,6H2,(H2,32,33,36)(H2,35,37,39). The maximum absolute atomic E-state index is 15.0. The number of halogens is 4. The second kappa shape index (κ2) is 10.4. The van der Waals surface area contributed by atoms with Crippen LogP contribution in [0, 0.1) is 23.1 Å². The number of aryl methyl sites for hydroxylation is 1. The van der Waals surface area contributed by atoms with Crippen molar-refractivity contribution in [3.63, 3.8) is 0 Å². The first kappa shape index (κ1) is 26.8. The number of hydrogen-bond donors (Lipinski definition) is 3. The van der Waals surface area contributed by atoms with Gasteiger partial charge < -0.3 is 15.6 Å². The maximum Gasteiger partial charge on any atom is 0.423 e. The number of H-pyrrole nitrogens is 1. The van der Waals surface area contributed by atoms with E-state index in [9.17, 15) is 27.2 Å². The third-order valence-electron chi connectivity index (χ3n) is 6.83. The van der Waals surface area contributed by atoms with E-state index in [-0.39, 0.29) is 52.3 Å². The van der Waals surface area contributed by atoms with Crippen LogP contribution in [0.15, 0.2) is 46.4 Å². The highest BCUT2D eigenvalue weighted by Crippen LogP contribution is 2.38. The van der Waals surface area contributed by atoms with Crippen LogP contribution in [0.1, 0.15) is 36.8 Å². The number of anilines is 2. The Hall–Kier alpha value is -4.80. The van der Waals surface area contributed by atoms with Crippen LogP contribution >= 0.6 is 0 Å². The van der Waals surface area contributed by atoms with E-state index >= 15 is 0 Å². The summed E-state index contributed by atoms with van der Waals surface area (Å²) in [6.45, 7) is 0.248. The third-order valence-corrected chi connectivity index (χ3v) is 6.83. The molecule has 0 radical (unpaired) electrons. The number of aromatic nitrogens is 5. The van der Waals surface area contributed by atoms with Gasteiger partial charge in [0.25, 0.3) is 11.1 Å². The number of nitrogen functional groups attached to an aromatic ring is 1. The molecule has 0 aliphatic heterocycles. The van der Waals surface area contributed by atoms with Gasteiger partial charge in [-0.3, -0.25) is 9.59 Å². The highest BCUT2D eigenvalue weighted by molar-refractivity contribution is 5.86. The predicted octanol–water partition coefficient (Wildman–Crippen LogP) is 3.82. The number of benzene rings is 1. The second-order valence-corrected chi connectivity index (χ2v) is 9.55. The molecule has 14 heteroatoms. The first-order valence-corrected chi connectivity index (χ1v) is 12.3. The topological polar surface area (TPSA) is 155 Å². The molecule has 4 aromatic rings. The van der Waals surface area contributed by atoms with E-state index in [0.29, 0.717) is 18.2 Å². The van der Waals surface area contributed by atoms with Gasteiger partial charge in [0.05, 0.1) is 29.0 Å². The lowest BCUT2D eigenvalue weighted by Crippen LogP contribution is -2.29. The van der Waals surface area contributed by atoms with Gasteiger partial charge in [-0.25, -0.2) is 19.5 Å². The molecule has 0 amide bonds. The molecule has 1 unspecified atom stereocenters. The molecule has 206 valence electrons. The Morgan fingerprint density at radius 2 is 2.02 bits per heavy atom. The number of nitrogens with one attached hydrogen (secondary N) is 2. The number of nitriles is 1. The molecule has 4 N–H and O–H groups in total. The lowest BCUT2D eigenvalue weighted by molar-refractivity contribution is -0.138. The minimum absolute atomic E-state index is 0.0200. The fourth-order valence-electron chi connectivity index (χ4n) is 4.66. The van der Waals surface area contributed by atoms with E-state index in [4.69, 9.17) is 11.0 Å². The van der Waals surface area contributed by atoms with Gasteiger partial charge in [-0.15, -0.1) is 0 Å². The molecule has 3 aromatic heterocycles. The number of rotatable bonds is 8. The highest BCUT2D eigenvalue weighted by Gasteiger charge is 2.39. The fraction of sp³-hybridized carbons (Fsp3) is 0.308. The first-order chi connectivity index (χ1) is 19.1. The molecular weight excluding hydrogens is 532 g/mol. The molecule has 1 aliphatic rings. The zero-order chi connectivity index (χ0) is 28.6. The van der Waals surface area contributed by atoms with E-state index in [1.165, 1.54) is 16.8 Å². The summed E-state index contributed by atoms with van der Waals surface area (Å²) in [5.74, 6) is -0.717. The van der Waals surface area contributed by atoms with Gasteiger partial charge in [-0.1, -0.05) is 0 Å². The van der Waals surface area contributed by atoms with E-state index in [2.05, 4.69) is 20.4 Å². The molecule has 0 bridgehead atoms. The molecule has 1 saturated carbocycles. The summed E-state index contributed by atoms with van der Waals surface area (Å²) in [5, 5.41) is 17.7. The largest absolute Gasteiger partial charge is 0.423 e.